The van der Waals surface area contributed by atoms with Crippen molar-refractivity contribution in [2.75, 3.05) is 0 Å². The molecule has 0 heterocycles. The molecule has 0 bridgehead atoms. The van der Waals surface area contributed by atoms with E-state index in [0.717, 1.165) is 18.4 Å². The molecule has 0 spiro atoms. The van der Waals surface area contributed by atoms with E-state index in [1.54, 1.807) is 18.2 Å². The molecular formula is C10H9Cl2NO2. The summed E-state index contributed by atoms with van der Waals surface area (Å²) in [6.07, 6.45) is 0.739. The maximum Gasteiger partial charge on any atom is 0.405 e. The Labute approximate surface area is 97.1 Å². The smallest absolute Gasteiger partial charge is 0.405 e. The molecule has 1 aromatic rings. The summed E-state index contributed by atoms with van der Waals surface area (Å²) >= 11 is 11.7. The first-order valence-electron chi connectivity index (χ1n) is 4.47. The van der Waals surface area contributed by atoms with Gasteiger partial charge in [-0.1, -0.05) is 23.2 Å². The highest BCUT2D eigenvalue weighted by molar-refractivity contribution is 6.34. The Balaban J connectivity index is 2.32. The summed E-state index contributed by atoms with van der Waals surface area (Å²) in [7, 11) is 0. The fourth-order valence-electron chi connectivity index (χ4n) is 1.57. The Morgan fingerprint density at radius 1 is 1.27 bits per heavy atom. The number of carbonyl (C=O) groups is 1. The van der Waals surface area contributed by atoms with Crippen molar-refractivity contribution in [2.24, 2.45) is 5.73 Å². The van der Waals surface area contributed by atoms with Gasteiger partial charge in [0.05, 0.1) is 0 Å². The maximum absolute atomic E-state index is 10.7. The highest BCUT2D eigenvalue weighted by atomic mass is 35.5. The number of halogens is 2. The second kappa shape index (κ2) is 3.58. The molecule has 2 rings (SSSR count). The minimum absolute atomic E-state index is 0.525. The van der Waals surface area contributed by atoms with Crippen LogP contribution in [0.4, 0.5) is 4.79 Å². The molecule has 1 amide bonds. The van der Waals surface area contributed by atoms with E-state index in [2.05, 4.69) is 0 Å². The number of carbonyl (C=O) groups excluding carboxylic acids is 1. The van der Waals surface area contributed by atoms with Crippen molar-refractivity contribution in [3.63, 3.8) is 0 Å². The zero-order valence-corrected chi connectivity index (χ0v) is 9.31. The van der Waals surface area contributed by atoms with Gasteiger partial charge in [-0.15, -0.1) is 0 Å². The van der Waals surface area contributed by atoms with Crippen molar-refractivity contribution >= 4 is 29.3 Å². The number of hydrogen-bond acceptors (Lipinski definition) is 2. The van der Waals surface area contributed by atoms with Crippen LogP contribution in [0, 0.1) is 0 Å². The van der Waals surface area contributed by atoms with E-state index in [1.165, 1.54) is 0 Å². The predicted molar refractivity (Wildman–Crippen MR) is 58.0 cm³/mol. The van der Waals surface area contributed by atoms with Gasteiger partial charge in [0.1, 0.15) is 5.60 Å². The molecule has 3 nitrogen and oxygen atoms in total. The summed E-state index contributed by atoms with van der Waals surface area (Å²) in [5.41, 5.74) is 5.21. The largest absolute Gasteiger partial charge is 0.438 e. The molecule has 1 aliphatic carbocycles. The van der Waals surface area contributed by atoms with Gasteiger partial charge in [-0.25, -0.2) is 4.79 Å². The fourth-order valence-corrected chi connectivity index (χ4v) is 2.10. The molecule has 1 fully saturated rings. The SMILES string of the molecule is NC(=O)OC1(c2cc(Cl)cc(Cl)c2)CC1. The number of hydrogen-bond donors (Lipinski definition) is 1. The minimum atomic E-state index is -0.774. The quantitative estimate of drug-likeness (QED) is 0.871. The van der Waals surface area contributed by atoms with Gasteiger partial charge >= 0.3 is 6.09 Å². The van der Waals surface area contributed by atoms with E-state index in [0.29, 0.717) is 10.0 Å². The van der Waals surface area contributed by atoms with Gasteiger partial charge in [-0.3, -0.25) is 0 Å². The first kappa shape index (κ1) is 10.6. The van der Waals surface area contributed by atoms with E-state index >= 15 is 0 Å². The highest BCUT2D eigenvalue weighted by Crippen LogP contribution is 2.50. The Bertz CT molecular complexity index is 396. The van der Waals surface area contributed by atoms with Crippen molar-refractivity contribution in [3.05, 3.63) is 33.8 Å². The first-order chi connectivity index (χ1) is 7.02. The Hall–Kier alpha value is -0.930. The Morgan fingerprint density at radius 3 is 2.20 bits per heavy atom. The van der Waals surface area contributed by atoms with E-state index in [1.807, 2.05) is 0 Å². The average molecular weight is 246 g/mol. The van der Waals surface area contributed by atoms with Gasteiger partial charge in [0.15, 0.2) is 0 Å². The fraction of sp³-hybridized carbons (Fsp3) is 0.300. The molecule has 0 atom stereocenters. The van der Waals surface area contributed by atoms with Crippen molar-refractivity contribution in [2.45, 2.75) is 18.4 Å². The molecule has 0 aliphatic heterocycles. The Kier molecular flexibility index (Phi) is 2.52. The topological polar surface area (TPSA) is 52.3 Å². The molecule has 2 N–H and O–H groups in total. The van der Waals surface area contributed by atoms with Gasteiger partial charge in [-0.2, -0.15) is 0 Å². The van der Waals surface area contributed by atoms with Crippen LogP contribution in [0.3, 0.4) is 0 Å². The van der Waals surface area contributed by atoms with Crippen molar-refractivity contribution in [1.29, 1.82) is 0 Å². The number of rotatable bonds is 2. The lowest BCUT2D eigenvalue weighted by molar-refractivity contribution is 0.0900. The van der Waals surface area contributed by atoms with Crippen LogP contribution in [0.15, 0.2) is 18.2 Å². The number of nitrogens with two attached hydrogens (primary N) is 1. The minimum Gasteiger partial charge on any atom is -0.438 e. The lowest BCUT2D eigenvalue weighted by Gasteiger charge is -2.15. The monoisotopic (exact) mass is 245 g/mol. The first-order valence-corrected chi connectivity index (χ1v) is 5.22. The highest BCUT2D eigenvalue weighted by Gasteiger charge is 2.48. The molecule has 15 heavy (non-hydrogen) atoms. The third kappa shape index (κ3) is 2.19. The van der Waals surface area contributed by atoms with Crippen LogP contribution in [0.1, 0.15) is 18.4 Å². The summed E-state index contributed by atoms with van der Waals surface area (Å²) in [6, 6.07) is 5.11. The van der Waals surface area contributed by atoms with Crippen LogP contribution < -0.4 is 5.73 Å². The van der Waals surface area contributed by atoms with Gasteiger partial charge in [0.2, 0.25) is 0 Å². The lowest BCUT2D eigenvalue weighted by Crippen LogP contribution is -2.22. The average Bonchev–Trinajstić information content (AvgIpc) is 2.82. The van der Waals surface area contributed by atoms with E-state index < -0.39 is 11.7 Å². The number of amides is 1. The molecule has 0 saturated heterocycles. The van der Waals surface area contributed by atoms with Crippen LogP contribution in [-0.2, 0) is 10.3 Å². The standard InChI is InChI=1S/C10H9Cl2NO2/c11-7-3-6(4-8(12)5-7)10(1-2-10)15-9(13)14/h3-5H,1-2H2,(H2,13,14). The van der Waals surface area contributed by atoms with Gasteiger partial charge in [-0.05, 0) is 36.6 Å². The summed E-state index contributed by atoms with van der Waals surface area (Å²) in [5, 5.41) is 1.05. The van der Waals surface area contributed by atoms with Gasteiger partial charge in [0, 0.05) is 10.0 Å². The molecule has 80 valence electrons. The molecule has 1 aromatic carbocycles. The van der Waals surface area contributed by atoms with Crippen LogP contribution in [-0.4, -0.2) is 6.09 Å². The molecule has 5 heteroatoms. The molecule has 0 unspecified atom stereocenters. The summed E-state index contributed by atoms with van der Waals surface area (Å²) < 4.78 is 5.07. The second-order valence-electron chi connectivity index (χ2n) is 3.57. The predicted octanol–water partition coefficient (Wildman–Crippen LogP) is 3.08. The molecule has 1 aliphatic rings. The lowest BCUT2D eigenvalue weighted by atomic mass is 10.1. The number of benzene rings is 1. The third-order valence-electron chi connectivity index (χ3n) is 2.39. The molecular weight excluding hydrogens is 237 g/mol. The van der Waals surface area contributed by atoms with Gasteiger partial charge in [0.25, 0.3) is 0 Å². The van der Waals surface area contributed by atoms with Crippen molar-refractivity contribution < 1.29 is 9.53 Å². The second-order valence-corrected chi connectivity index (χ2v) is 4.45. The van der Waals surface area contributed by atoms with Crippen LogP contribution in [0.5, 0.6) is 0 Å². The summed E-state index contributed by atoms with van der Waals surface area (Å²) in [5.74, 6) is 0. The van der Waals surface area contributed by atoms with Crippen LogP contribution in [0.25, 0.3) is 0 Å². The Morgan fingerprint density at radius 2 is 1.80 bits per heavy atom. The van der Waals surface area contributed by atoms with E-state index in [9.17, 15) is 4.79 Å². The van der Waals surface area contributed by atoms with Crippen LogP contribution in [0.2, 0.25) is 10.0 Å². The van der Waals surface area contributed by atoms with Crippen LogP contribution >= 0.6 is 23.2 Å². The summed E-state index contributed by atoms with van der Waals surface area (Å²) in [4.78, 5) is 10.7. The molecule has 0 radical (unpaired) electrons. The van der Waals surface area contributed by atoms with Crippen molar-refractivity contribution in [3.8, 4) is 0 Å². The zero-order chi connectivity index (χ0) is 11.1. The normalized spacial score (nSPS) is 17.2. The molecule has 1 saturated carbocycles. The zero-order valence-electron chi connectivity index (χ0n) is 7.80. The van der Waals surface area contributed by atoms with Crippen molar-refractivity contribution in [1.82, 2.24) is 0 Å². The van der Waals surface area contributed by atoms with Gasteiger partial charge < -0.3 is 10.5 Å². The molecule has 0 aromatic heterocycles. The number of primary amides is 1. The summed E-state index contributed by atoms with van der Waals surface area (Å²) in [6.45, 7) is 0. The van der Waals surface area contributed by atoms with E-state index in [4.69, 9.17) is 33.7 Å². The third-order valence-corrected chi connectivity index (χ3v) is 2.83. The maximum atomic E-state index is 10.7. The number of ether oxygens (including phenoxy) is 1. The van der Waals surface area contributed by atoms with E-state index in [-0.39, 0.29) is 0 Å².